The molecule has 0 aliphatic heterocycles. The summed E-state index contributed by atoms with van der Waals surface area (Å²) in [5.74, 6) is -0.103. The maximum absolute atomic E-state index is 12.5. The maximum atomic E-state index is 12.5. The fraction of sp³-hybridized carbons (Fsp3) is 0.333. The normalized spacial score (nSPS) is 10.6. The minimum absolute atomic E-state index is 0.0577. The van der Waals surface area contributed by atoms with E-state index < -0.39 is 0 Å². The van der Waals surface area contributed by atoms with E-state index in [1.165, 1.54) is 0 Å². The Labute approximate surface area is 118 Å². The second-order valence-electron chi connectivity index (χ2n) is 4.70. The molecule has 2 aromatic rings. The van der Waals surface area contributed by atoms with Crippen molar-refractivity contribution in [3.8, 4) is 0 Å². The summed E-state index contributed by atoms with van der Waals surface area (Å²) in [7, 11) is 1.81. The molecular weight excluding hydrogens is 254 g/mol. The minimum atomic E-state index is -0.103. The second-order valence-corrected chi connectivity index (χ2v) is 4.70. The van der Waals surface area contributed by atoms with Gasteiger partial charge in [-0.3, -0.25) is 9.48 Å². The summed E-state index contributed by atoms with van der Waals surface area (Å²) in [5.41, 5.74) is 2.44. The van der Waals surface area contributed by atoms with Gasteiger partial charge in [0, 0.05) is 25.8 Å². The standard InChI is InChI=1S/C15H19N3O2/c1-12-14(10-16-17(12)2)15(20)18(8-9-19)11-13-6-4-3-5-7-13/h3-7,10,19H,8-9,11H2,1-2H3. The smallest absolute Gasteiger partial charge is 0.257 e. The first-order chi connectivity index (χ1) is 9.63. The molecule has 0 atom stereocenters. The number of benzene rings is 1. The molecule has 0 radical (unpaired) electrons. The predicted octanol–water partition coefficient (Wildman–Crippen LogP) is 1.36. The number of hydrogen-bond donors (Lipinski definition) is 1. The Morgan fingerprint density at radius 2 is 2.05 bits per heavy atom. The number of aryl methyl sites for hydroxylation is 1. The molecule has 0 unspecified atom stereocenters. The highest BCUT2D eigenvalue weighted by Crippen LogP contribution is 2.12. The summed E-state index contributed by atoms with van der Waals surface area (Å²) >= 11 is 0. The molecule has 0 fully saturated rings. The summed E-state index contributed by atoms with van der Waals surface area (Å²) in [6.45, 7) is 2.59. The van der Waals surface area contributed by atoms with Crippen molar-refractivity contribution in [1.82, 2.24) is 14.7 Å². The van der Waals surface area contributed by atoms with Crippen molar-refractivity contribution in [3.63, 3.8) is 0 Å². The lowest BCUT2D eigenvalue weighted by Gasteiger charge is -2.21. The van der Waals surface area contributed by atoms with Crippen LogP contribution in [0, 0.1) is 6.92 Å². The van der Waals surface area contributed by atoms with Gasteiger partial charge in [0.25, 0.3) is 5.91 Å². The van der Waals surface area contributed by atoms with Crippen molar-refractivity contribution in [3.05, 3.63) is 53.3 Å². The van der Waals surface area contributed by atoms with E-state index in [-0.39, 0.29) is 12.5 Å². The highest BCUT2D eigenvalue weighted by molar-refractivity contribution is 5.95. The molecule has 0 saturated heterocycles. The fourth-order valence-electron chi connectivity index (χ4n) is 2.06. The van der Waals surface area contributed by atoms with Gasteiger partial charge >= 0.3 is 0 Å². The number of aromatic nitrogens is 2. The van der Waals surface area contributed by atoms with Crippen LogP contribution in [-0.2, 0) is 13.6 Å². The molecular formula is C15H19N3O2. The Bertz CT molecular complexity index is 578. The monoisotopic (exact) mass is 273 g/mol. The van der Waals surface area contributed by atoms with Crippen LogP contribution in [-0.4, -0.2) is 38.8 Å². The highest BCUT2D eigenvalue weighted by atomic mass is 16.3. The lowest BCUT2D eigenvalue weighted by Crippen LogP contribution is -2.33. The van der Waals surface area contributed by atoms with Crippen LogP contribution < -0.4 is 0 Å². The molecule has 106 valence electrons. The number of carbonyl (C=O) groups is 1. The molecule has 1 amide bonds. The zero-order valence-electron chi connectivity index (χ0n) is 11.8. The van der Waals surface area contributed by atoms with Gasteiger partial charge in [0.15, 0.2) is 0 Å². The average molecular weight is 273 g/mol. The van der Waals surface area contributed by atoms with E-state index in [2.05, 4.69) is 5.10 Å². The molecule has 0 aliphatic carbocycles. The molecule has 1 aromatic carbocycles. The highest BCUT2D eigenvalue weighted by Gasteiger charge is 2.19. The maximum Gasteiger partial charge on any atom is 0.257 e. The van der Waals surface area contributed by atoms with E-state index in [0.717, 1.165) is 11.3 Å². The van der Waals surface area contributed by atoms with Crippen molar-refractivity contribution in [2.45, 2.75) is 13.5 Å². The Morgan fingerprint density at radius 1 is 1.35 bits per heavy atom. The van der Waals surface area contributed by atoms with Crippen molar-refractivity contribution in [2.24, 2.45) is 7.05 Å². The van der Waals surface area contributed by atoms with Crippen LogP contribution in [0.3, 0.4) is 0 Å². The third-order valence-electron chi connectivity index (χ3n) is 3.34. The average Bonchev–Trinajstić information content (AvgIpc) is 2.79. The third kappa shape index (κ3) is 3.05. The van der Waals surface area contributed by atoms with Crippen LogP contribution in [0.15, 0.2) is 36.5 Å². The number of aliphatic hydroxyl groups is 1. The molecule has 2 rings (SSSR count). The quantitative estimate of drug-likeness (QED) is 0.895. The fourth-order valence-corrected chi connectivity index (χ4v) is 2.06. The second kappa shape index (κ2) is 6.34. The van der Waals surface area contributed by atoms with Crippen molar-refractivity contribution >= 4 is 5.91 Å². The molecule has 0 aliphatic rings. The lowest BCUT2D eigenvalue weighted by atomic mass is 10.2. The summed E-state index contributed by atoms with van der Waals surface area (Å²) in [6, 6.07) is 9.74. The van der Waals surface area contributed by atoms with Gasteiger partial charge in [0.1, 0.15) is 0 Å². The van der Waals surface area contributed by atoms with E-state index in [9.17, 15) is 9.90 Å². The topological polar surface area (TPSA) is 58.4 Å². The van der Waals surface area contributed by atoms with Gasteiger partial charge in [-0.25, -0.2) is 0 Å². The lowest BCUT2D eigenvalue weighted by molar-refractivity contribution is 0.0707. The number of rotatable bonds is 5. The molecule has 5 heteroatoms. The molecule has 1 heterocycles. The molecule has 1 aromatic heterocycles. The summed E-state index contributed by atoms with van der Waals surface area (Å²) in [5, 5.41) is 13.3. The Balaban J connectivity index is 2.20. The van der Waals surface area contributed by atoms with Gasteiger partial charge in [-0.1, -0.05) is 30.3 Å². The van der Waals surface area contributed by atoms with Gasteiger partial charge in [-0.05, 0) is 12.5 Å². The summed E-state index contributed by atoms with van der Waals surface area (Å²) in [6.07, 6.45) is 1.58. The van der Waals surface area contributed by atoms with Crippen molar-refractivity contribution in [1.29, 1.82) is 0 Å². The predicted molar refractivity (Wildman–Crippen MR) is 76.2 cm³/mol. The molecule has 5 nitrogen and oxygen atoms in total. The largest absolute Gasteiger partial charge is 0.395 e. The third-order valence-corrected chi connectivity index (χ3v) is 3.34. The molecule has 20 heavy (non-hydrogen) atoms. The summed E-state index contributed by atoms with van der Waals surface area (Å²) < 4.78 is 1.67. The number of amides is 1. The number of carbonyl (C=O) groups excluding carboxylic acids is 1. The number of nitrogens with zero attached hydrogens (tertiary/aromatic N) is 3. The van der Waals surface area contributed by atoms with Gasteiger partial charge in [-0.15, -0.1) is 0 Å². The van der Waals surface area contributed by atoms with Gasteiger partial charge in [0.05, 0.1) is 18.4 Å². The summed E-state index contributed by atoms with van der Waals surface area (Å²) in [4.78, 5) is 14.2. The molecule has 0 bridgehead atoms. The molecule has 0 spiro atoms. The van der Waals surface area contributed by atoms with Gasteiger partial charge < -0.3 is 10.0 Å². The number of aliphatic hydroxyl groups excluding tert-OH is 1. The van der Waals surface area contributed by atoms with E-state index in [0.29, 0.717) is 18.7 Å². The van der Waals surface area contributed by atoms with Crippen LogP contribution >= 0.6 is 0 Å². The Hall–Kier alpha value is -2.14. The van der Waals surface area contributed by atoms with Gasteiger partial charge in [-0.2, -0.15) is 5.10 Å². The van der Waals surface area contributed by atoms with Crippen LogP contribution in [0.2, 0.25) is 0 Å². The van der Waals surface area contributed by atoms with E-state index in [1.54, 1.807) is 22.8 Å². The van der Waals surface area contributed by atoms with Crippen LogP contribution in [0.1, 0.15) is 21.6 Å². The Kier molecular flexibility index (Phi) is 4.53. The first-order valence-corrected chi connectivity index (χ1v) is 6.56. The SMILES string of the molecule is Cc1c(C(=O)N(CCO)Cc2ccccc2)cnn1C. The van der Waals surface area contributed by atoms with Gasteiger partial charge in [0.2, 0.25) is 0 Å². The van der Waals surface area contributed by atoms with Crippen molar-refractivity contribution in [2.75, 3.05) is 13.2 Å². The van der Waals surface area contributed by atoms with E-state index in [4.69, 9.17) is 0 Å². The van der Waals surface area contributed by atoms with E-state index in [1.807, 2.05) is 37.3 Å². The molecule has 1 N–H and O–H groups in total. The van der Waals surface area contributed by atoms with E-state index >= 15 is 0 Å². The van der Waals surface area contributed by atoms with Crippen LogP contribution in [0.4, 0.5) is 0 Å². The first-order valence-electron chi connectivity index (χ1n) is 6.56. The minimum Gasteiger partial charge on any atom is -0.395 e. The Morgan fingerprint density at radius 3 is 2.60 bits per heavy atom. The zero-order chi connectivity index (χ0) is 14.5. The molecule has 0 saturated carbocycles. The van der Waals surface area contributed by atoms with Crippen LogP contribution in [0.25, 0.3) is 0 Å². The van der Waals surface area contributed by atoms with Crippen LogP contribution in [0.5, 0.6) is 0 Å². The first kappa shape index (κ1) is 14.3. The number of hydrogen-bond acceptors (Lipinski definition) is 3. The zero-order valence-corrected chi connectivity index (χ0v) is 11.8. The van der Waals surface area contributed by atoms with Crippen molar-refractivity contribution < 1.29 is 9.90 Å².